The molecular formula is C14H19NO3. The molecule has 4 heteroatoms. The molecule has 2 unspecified atom stereocenters. The number of rotatable bonds is 2. The first kappa shape index (κ1) is 12.9. The lowest BCUT2D eigenvalue weighted by Crippen LogP contribution is -2.46. The summed E-state index contributed by atoms with van der Waals surface area (Å²) in [7, 11) is 1.68. The van der Waals surface area contributed by atoms with Gasteiger partial charge in [-0.15, -0.1) is 0 Å². The summed E-state index contributed by atoms with van der Waals surface area (Å²) < 4.78 is 5.40. The Kier molecular flexibility index (Phi) is 3.87. The Morgan fingerprint density at radius 1 is 1.50 bits per heavy atom. The normalized spacial score (nSPS) is 24.0. The predicted octanol–water partition coefficient (Wildman–Crippen LogP) is 1.89. The Morgan fingerprint density at radius 2 is 2.28 bits per heavy atom. The topological polar surface area (TPSA) is 49.8 Å². The minimum absolute atomic E-state index is 0.0418. The van der Waals surface area contributed by atoms with Crippen LogP contribution in [0.25, 0.3) is 0 Å². The van der Waals surface area contributed by atoms with Gasteiger partial charge in [-0.3, -0.25) is 4.79 Å². The molecule has 0 bridgehead atoms. The van der Waals surface area contributed by atoms with Crippen LogP contribution in [0.4, 0.5) is 0 Å². The standard InChI is InChI=1S/C14H19NO3/c1-10-6-7-15(9-13(10)18-2)14(17)11-4-3-5-12(16)8-11/h3-5,8,10,13,16H,6-7,9H2,1-2H3. The van der Waals surface area contributed by atoms with Gasteiger partial charge in [0.25, 0.3) is 5.91 Å². The first-order valence-corrected chi connectivity index (χ1v) is 6.23. The van der Waals surface area contributed by atoms with Crippen LogP contribution < -0.4 is 0 Å². The number of hydrogen-bond donors (Lipinski definition) is 1. The molecule has 0 radical (unpaired) electrons. The van der Waals surface area contributed by atoms with Gasteiger partial charge in [-0.1, -0.05) is 13.0 Å². The second kappa shape index (κ2) is 5.40. The number of carbonyl (C=O) groups is 1. The molecule has 1 saturated heterocycles. The van der Waals surface area contributed by atoms with Crippen LogP contribution in [0, 0.1) is 5.92 Å². The Labute approximate surface area is 107 Å². The van der Waals surface area contributed by atoms with E-state index in [4.69, 9.17) is 4.74 Å². The lowest BCUT2D eigenvalue weighted by molar-refractivity contribution is -0.00157. The van der Waals surface area contributed by atoms with Gasteiger partial charge in [0.15, 0.2) is 0 Å². The fraction of sp³-hybridized carbons (Fsp3) is 0.500. The average molecular weight is 249 g/mol. The van der Waals surface area contributed by atoms with Crippen LogP contribution in [0.2, 0.25) is 0 Å². The Hall–Kier alpha value is -1.55. The molecule has 2 atom stereocenters. The average Bonchev–Trinajstić information content (AvgIpc) is 2.38. The molecule has 1 N–H and O–H groups in total. The molecule has 1 heterocycles. The van der Waals surface area contributed by atoms with E-state index in [0.29, 0.717) is 18.0 Å². The van der Waals surface area contributed by atoms with Crippen molar-refractivity contribution in [3.63, 3.8) is 0 Å². The van der Waals surface area contributed by atoms with E-state index in [0.717, 1.165) is 13.0 Å². The number of hydrogen-bond acceptors (Lipinski definition) is 3. The quantitative estimate of drug-likeness (QED) is 0.870. The van der Waals surface area contributed by atoms with E-state index in [1.807, 2.05) is 0 Å². The maximum atomic E-state index is 12.3. The first-order valence-electron chi connectivity index (χ1n) is 6.23. The third-order valence-electron chi connectivity index (χ3n) is 3.57. The van der Waals surface area contributed by atoms with Crippen molar-refractivity contribution in [1.29, 1.82) is 0 Å². The number of carbonyl (C=O) groups excluding carboxylic acids is 1. The minimum Gasteiger partial charge on any atom is -0.508 e. The van der Waals surface area contributed by atoms with Crippen molar-refractivity contribution in [2.45, 2.75) is 19.4 Å². The largest absolute Gasteiger partial charge is 0.508 e. The van der Waals surface area contributed by atoms with Gasteiger partial charge in [-0.2, -0.15) is 0 Å². The van der Waals surface area contributed by atoms with Gasteiger partial charge < -0.3 is 14.7 Å². The van der Waals surface area contributed by atoms with Gasteiger partial charge in [0.1, 0.15) is 5.75 Å². The molecule has 1 aromatic rings. The van der Waals surface area contributed by atoms with E-state index < -0.39 is 0 Å². The summed E-state index contributed by atoms with van der Waals surface area (Å²) in [6, 6.07) is 6.47. The molecule has 98 valence electrons. The molecule has 0 aliphatic carbocycles. The number of ether oxygens (including phenoxy) is 1. The minimum atomic E-state index is -0.0418. The maximum absolute atomic E-state index is 12.3. The van der Waals surface area contributed by atoms with Gasteiger partial charge in [-0.05, 0) is 30.5 Å². The third-order valence-corrected chi connectivity index (χ3v) is 3.57. The maximum Gasteiger partial charge on any atom is 0.254 e. The van der Waals surface area contributed by atoms with E-state index >= 15 is 0 Å². The van der Waals surface area contributed by atoms with Gasteiger partial charge in [0.2, 0.25) is 0 Å². The predicted molar refractivity (Wildman–Crippen MR) is 68.6 cm³/mol. The Bertz CT molecular complexity index is 433. The van der Waals surface area contributed by atoms with Crippen molar-refractivity contribution in [2.24, 2.45) is 5.92 Å². The molecule has 2 rings (SSSR count). The van der Waals surface area contributed by atoms with Crippen molar-refractivity contribution >= 4 is 5.91 Å². The van der Waals surface area contributed by atoms with Crippen LogP contribution >= 0.6 is 0 Å². The number of nitrogens with zero attached hydrogens (tertiary/aromatic N) is 1. The van der Waals surface area contributed by atoms with Gasteiger partial charge in [-0.25, -0.2) is 0 Å². The fourth-order valence-electron chi connectivity index (χ4n) is 2.35. The van der Waals surface area contributed by atoms with Crippen LogP contribution in [-0.4, -0.2) is 42.2 Å². The van der Waals surface area contributed by atoms with Crippen LogP contribution in [0.15, 0.2) is 24.3 Å². The number of methoxy groups -OCH3 is 1. The first-order chi connectivity index (χ1) is 8.61. The molecule has 18 heavy (non-hydrogen) atoms. The van der Waals surface area contributed by atoms with Gasteiger partial charge >= 0.3 is 0 Å². The molecule has 0 spiro atoms. The zero-order valence-electron chi connectivity index (χ0n) is 10.8. The summed E-state index contributed by atoms with van der Waals surface area (Å²) in [5.41, 5.74) is 0.527. The van der Waals surface area contributed by atoms with Crippen LogP contribution in [0.1, 0.15) is 23.7 Å². The Balaban J connectivity index is 2.10. The number of piperidine rings is 1. The summed E-state index contributed by atoms with van der Waals surface area (Å²) in [6.45, 7) is 3.51. The van der Waals surface area contributed by atoms with Crippen molar-refractivity contribution in [2.75, 3.05) is 20.2 Å². The second-order valence-electron chi connectivity index (χ2n) is 4.84. The lowest BCUT2D eigenvalue weighted by atomic mass is 9.95. The molecule has 1 aromatic carbocycles. The monoisotopic (exact) mass is 249 g/mol. The second-order valence-corrected chi connectivity index (χ2v) is 4.84. The number of amides is 1. The molecule has 1 fully saturated rings. The summed E-state index contributed by atoms with van der Waals surface area (Å²) >= 11 is 0. The van der Waals surface area contributed by atoms with Crippen molar-refractivity contribution in [3.05, 3.63) is 29.8 Å². The van der Waals surface area contributed by atoms with Crippen molar-refractivity contribution < 1.29 is 14.6 Å². The van der Waals surface area contributed by atoms with E-state index in [-0.39, 0.29) is 17.8 Å². The van der Waals surface area contributed by atoms with Crippen LogP contribution in [-0.2, 0) is 4.74 Å². The van der Waals surface area contributed by atoms with E-state index in [1.54, 1.807) is 30.2 Å². The highest BCUT2D eigenvalue weighted by atomic mass is 16.5. The summed E-state index contributed by atoms with van der Waals surface area (Å²) in [6.07, 6.45) is 1.04. The lowest BCUT2D eigenvalue weighted by Gasteiger charge is -2.36. The summed E-state index contributed by atoms with van der Waals surface area (Å²) in [5, 5.41) is 9.41. The Morgan fingerprint density at radius 3 is 2.94 bits per heavy atom. The highest BCUT2D eigenvalue weighted by molar-refractivity contribution is 5.94. The van der Waals surface area contributed by atoms with Gasteiger partial charge in [0, 0.05) is 25.8 Å². The van der Waals surface area contributed by atoms with E-state index in [1.165, 1.54) is 6.07 Å². The highest BCUT2D eigenvalue weighted by Crippen LogP contribution is 2.22. The smallest absolute Gasteiger partial charge is 0.254 e. The fourth-order valence-corrected chi connectivity index (χ4v) is 2.35. The van der Waals surface area contributed by atoms with E-state index in [9.17, 15) is 9.90 Å². The van der Waals surface area contributed by atoms with Gasteiger partial charge in [0.05, 0.1) is 6.10 Å². The third kappa shape index (κ3) is 2.64. The summed E-state index contributed by atoms with van der Waals surface area (Å²) in [4.78, 5) is 14.1. The number of phenols is 1. The van der Waals surface area contributed by atoms with Crippen molar-refractivity contribution in [1.82, 2.24) is 4.90 Å². The number of aromatic hydroxyl groups is 1. The van der Waals surface area contributed by atoms with Crippen LogP contribution in [0.3, 0.4) is 0 Å². The molecule has 0 saturated carbocycles. The van der Waals surface area contributed by atoms with Crippen LogP contribution in [0.5, 0.6) is 5.75 Å². The number of likely N-dealkylation sites (tertiary alicyclic amines) is 1. The molecular weight excluding hydrogens is 230 g/mol. The molecule has 0 aromatic heterocycles. The molecule has 1 amide bonds. The molecule has 4 nitrogen and oxygen atoms in total. The zero-order chi connectivity index (χ0) is 13.1. The SMILES string of the molecule is COC1CN(C(=O)c2cccc(O)c2)CCC1C. The number of benzene rings is 1. The zero-order valence-corrected chi connectivity index (χ0v) is 10.8. The van der Waals surface area contributed by atoms with E-state index in [2.05, 4.69) is 6.92 Å². The molecule has 1 aliphatic rings. The molecule has 1 aliphatic heterocycles. The number of phenolic OH excluding ortho intramolecular Hbond substituents is 1. The van der Waals surface area contributed by atoms with Crippen molar-refractivity contribution in [3.8, 4) is 5.75 Å². The summed E-state index contributed by atoms with van der Waals surface area (Å²) in [5.74, 6) is 0.553. The highest BCUT2D eigenvalue weighted by Gasteiger charge is 2.29.